The summed E-state index contributed by atoms with van der Waals surface area (Å²) in [6.45, 7) is 8.92. The molecule has 4 N–H and O–H groups in total. The summed E-state index contributed by atoms with van der Waals surface area (Å²) in [4.78, 5) is 23.5. The Labute approximate surface area is 334 Å². The van der Waals surface area contributed by atoms with E-state index in [2.05, 4.69) is 47.2 Å². The van der Waals surface area contributed by atoms with Gasteiger partial charge in [0.25, 0.3) is 5.88 Å². The first-order chi connectivity index (χ1) is 27.7. The van der Waals surface area contributed by atoms with Gasteiger partial charge in [-0.25, -0.2) is 4.98 Å². The Morgan fingerprint density at radius 1 is 0.982 bits per heavy atom. The number of fused-ring (bicyclic) bond motifs is 2. The van der Waals surface area contributed by atoms with Crippen LogP contribution in [0, 0.1) is 5.92 Å². The van der Waals surface area contributed by atoms with Crippen molar-refractivity contribution < 1.29 is 33.7 Å². The first-order valence-electron chi connectivity index (χ1n) is 20.3. The second-order valence-electron chi connectivity index (χ2n) is 15.8. The van der Waals surface area contributed by atoms with Gasteiger partial charge < -0.3 is 49.4 Å². The lowest BCUT2D eigenvalue weighted by molar-refractivity contribution is -0.144. The second kappa shape index (κ2) is 18.4. The molecule has 3 atom stereocenters. The predicted octanol–water partition coefficient (Wildman–Crippen LogP) is 5.43. The third kappa shape index (κ3) is 9.70. The average molecular weight is 785 g/mol. The van der Waals surface area contributed by atoms with Gasteiger partial charge in [-0.3, -0.25) is 4.79 Å². The molecule has 4 aliphatic rings. The zero-order chi connectivity index (χ0) is 39.9. The van der Waals surface area contributed by atoms with E-state index in [1.54, 1.807) is 18.2 Å². The number of methoxy groups -OCH3 is 1. The molecule has 2 bridgehead atoms. The fourth-order valence-electron chi connectivity index (χ4n) is 8.21. The van der Waals surface area contributed by atoms with Gasteiger partial charge in [-0.15, -0.1) is 10.2 Å². The number of phenolic OH excluding ortho intramolecular Hbond substituents is 1. The lowest BCUT2D eigenvalue weighted by Crippen LogP contribution is -2.54. The topological polar surface area (TPSA) is 186 Å². The number of hydrogen-bond donors (Lipinski definition) is 3. The van der Waals surface area contributed by atoms with Gasteiger partial charge in [0.1, 0.15) is 17.8 Å². The molecule has 4 aromatic rings. The van der Waals surface area contributed by atoms with Gasteiger partial charge in [0.2, 0.25) is 5.88 Å². The number of rotatable bonds is 13. The van der Waals surface area contributed by atoms with Crippen LogP contribution in [0.1, 0.15) is 76.9 Å². The van der Waals surface area contributed by atoms with Crippen molar-refractivity contribution in [3.05, 3.63) is 60.5 Å². The van der Waals surface area contributed by atoms with Crippen molar-refractivity contribution in [2.75, 3.05) is 62.0 Å². The molecule has 1 saturated carbocycles. The Bertz CT molecular complexity index is 1920. The summed E-state index contributed by atoms with van der Waals surface area (Å²) in [5, 5.41) is 32.1. The molecule has 0 amide bonds. The van der Waals surface area contributed by atoms with Crippen molar-refractivity contribution >= 4 is 23.2 Å². The number of aromatic hydroxyl groups is 1. The normalized spacial score (nSPS) is 20.4. The first-order valence-corrected chi connectivity index (χ1v) is 20.3. The molecule has 3 saturated heterocycles. The molecule has 0 spiro atoms. The number of aromatic nitrogens is 4. The van der Waals surface area contributed by atoms with Gasteiger partial charge in [0.05, 0.1) is 31.2 Å². The molecule has 1 aliphatic carbocycles. The highest BCUT2D eigenvalue weighted by Gasteiger charge is 2.41. The van der Waals surface area contributed by atoms with Crippen LogP contribution < -0.4 is 25.0 Å². The summed E-state index contributed by atoms with van der Waals surface area (Å²) in [6, 6.07) is 15.7. The molecule has 8 rings (SSSR count). The highest BCUT2D eigenvalue weighted by Crippen LogP contribution is 2.40. The van der Waals surface area contributed by atoms with Crippen LogP contribution in [0.25, 0.3) is 11.3 Å². The first kappa shape index (κ1) is 40.1. The second-order valence-corrected chi connectivity index (χ2v) is 15.8. The summed E-state index contributed by atoms with van der Waals surface area (Å²) in [5.74, 6) is 1.44. The van der Waals surface area contributed by atoms with Crippen molar-refractivity contribution in [1.82, 2.24) is 25.2 Å². The zero-order valence-electron chi connectivity index (χ0n) is 33.2. The number of ether oxygens (including phenoxy) is 3. The van der Waals surface area contributed by atoms with Crippen LogP contribution in [0.4, 0.5) is 17.2 Å². The van der Waals surface area contributed by atoms with E-state index in [4.69, 9.17) is 24.5 Å². The van der Waals surface area contributed by atoms with Crippen molar-refractivity contribution in [2.45, 2.75) is 95.4 Å². The Hall–Kier alpha value is -5.15. The molecule has 57 heavy (non-hydrogen) atoms. The van der Waals surface area contributed by atoms with Crippen molar-refractivity contribution in [1.29, 1.82) is 0 Å². The van der Waals surface area contributed by atoms with Crippen LogP contribution in [0.2, 0.25) is 0 Å². The molecule has 306 valence electrons. The molecule has 0 radical (unpaired) electrons. The third-order valence-corrected chi connectivity index (χ3v) is 11.5. The molecule has 3 aliphatic heterocycles. The van der Waals surface area contributed by atoms with E-state index >= 15 is 0 Å². The van der Waals surface area contributed by atoms with E-state index < -0.39 is 5.92 Å². The number of aliphatic hydroxyl groups excluding tert-OH is 1. The van der Waals surface area contributed by atoms with Crippen LogP contribution in [0.3, 0.4) is 0 Å². The van der Waals surface area contributed by atoms with Gasteiger partial charge >= 0.3 is 5.97 Å². The molecule has 15 heteroatoms. The van der Waals surface area contributed by atoms with E-state index in [0.717, 1.165) is 89.2 Å². The van der Waals surface area contributed by atoms with E-state index in [-0.39, 0.29) is 23.7 Å². The van der Waals surface area contributed by atoms with Crippen molar-refractivity contribution in [3.8, 4) is 28.8 Å². The quantitative estimate of drug-likeness (QED) is 0.115. The fourth-order valence-corrected chi connectivity index (χ4v) is 8.21. The Morgan fingerprint density at radius 3 is 2.42 bits per heavy atom. The SMILES string of the molecule is COC(=O)C(c1cc(OCCCN2CCC(O)CC2)no1)C(C)C.Nc1nnc(-c2ccccc2O)cc1N1CC2CCC(C1)N2c1ccnc(OC2CCC2)c1. The molecular weight excluding hydrogens is 729 g/mol. The number of phenols is 1. The fraction of sp³-hybridized carbons (Fsp3) is 0.548. The monoisotopic (exact) mass is 784 g/mol. The predicted molar refractivity (Wildman–Crippen MR) is 215 cm³/mol. The molecule has 4 fully saturated rings. The van der Waals surface area contributed by atoms with Gasteiger partial charge in [-0.05, 0) is 86.7 Å². The van der Waals surface area contributed by atoms with Crippen LogP contribution in [-0.4, -0.2) is 112 Å². The van der Waals surface area contributed by atoms with Crippen LogP contribution >= 0.6 is 0 Å². The number of benzene rings is 1. The number of esters is 1. The largest absolute Gasteiger partial charge is 0.507 e. The minimum absolute atomic E-state index is 0.0488. The summed E-state index contributed by atoms with van der Waals surface area (Å²) in [7, 11) is 1.37. The number of piperazine rings is 1. The summed E-state index contributed by atoms with van der Waals surface area (Å²) in [6.07, 6.45) is 10.4. The number of hydrogen-bond acceptors (Lipinski definition) is 15. The average Bonchev–Trinajstić information content (AvgIpc) is 3.76. The number of nitrogen functional groups attached to an aromatic ring is 1. The smallest absolute Gasteiger partial charge is 0.316 e. The van der Waals surface area contributed by atoms with Gasteiger partial charge in [0, 0.05) is 74.4 Å². The van der Waals surface area contributed by atoms with Crippen molar-refractivity contribution in [2.24, 2.45) is 5.92 Å². The number of pyridine rings is 1. The van der Waals surface area contributed by atoms with Crippen LogP contribution in [-0.2, 0) is 9.53 Å². The summed E-state index contributed by atoms with van der Waals surface area (Å²) < 4.78 is 21.7. The number of carbonyl (C=O) groups is 1. The van der Waals surface area contributed by atoms with Gasteiger partial charge in [-0.1, -0.05) is 26.0 Å². The number of likely N-dealkylation sites (tertiary alicyclic amines) is 1. The summed E-state index contributed by atoms with van der Waals surface area (Å²) in [5.41, 5.74) is 9.60. The molecule has 6 heterocycles. The molecular formula is C42H56N8O7. The highest BCUT2D eigenvalue weighted by atomic mass is 16.5. The maximum Gasteiger partial charge on any atom is 0.316 e. The third-order valence-electron chi connectivity index (χ3n) is 11.5. The molecule has 15 nitrogen and oxygen atoms in total. The zero-order valence-corrected chi connectivity index (χ0v) is 33.2. The minimum atomic E-state index is -0.473. The lowest BCUT2D eigenvalue weighted by atomic mass is 9.93. The maximum absolute atomic E-state index is 11.8. The number of anilines is 3. The molecule has 1 aromatic carbocycles. The Kier molecular flexibility index (Phi) is 12.9. The standard InChI is InChI=1S/C25H28N6O2.C17H28N2O5/c26-25-22(13-21(28-29-25)20-6-1-2-7-23(20)32)30-14-17-8-9-18(15-30)31(17)16-10-11-27-24(12-16)33-19-4-3-5-19;1-12(2)16(17(21)22-3)14-11-15(18-24-14)23-10-4-7-19-8-5-13(20)6-9-19/h1-2,6-7,10-13,17-19,32H,3-5,8-9,14-15H2,(H2,26,29);11-13,16,20H,4-10H2,1-3H3. The van der Waals surface area contributed by atoms with E-state index in [1.807, 2.05) is 38.2 Å². The van der Waals surface area contributed by atoms with E-state index in [9.17, 15) is 15.0 Å². The lowest BCUT2D eigenvalue weighted by Gasteiger charge is -2.43. The van der Waals surface area contributed by atoms with Crippen LogP contribution in [0.15, 0.2) is 59.3 Å². The molecule has 3 unspecified atom stereocenters. The number of carbonyl (C=O) groups excluding carboxylic acids is 1. The minimum Gasteiger partial charge on any atom is -0.507 e. The number of nitrogens with zero attached hydrogens (tertiary/aromatic N) is 7. The number of para-hydroxylation sites is 1. The maximum atomic E-state index is 11.8. The summed E-state index contributed by atoms with van der Waals surface area (Å²) >= 11 is 0. The Morgan fingerprint density at radius 2 is 1.74 bits per heavy atom. The van der Waals surface area contributed by atoms with E-state index in [1.165, 1.54) is 19.2 Å². The van der Waals surface area contributed by atoms with Gasteiger partial charge in [-0.2, -0.15) is 0 Å². The number of nitrogens with two attached hydrogens (primary N) is 1. The van der Waals surface area contributed by atoms with E-state index in [0.29, 0.717) is 53.5 Å². The number of piperidine rings is 1. The molecule has 3 aromatic heterocycles. The van der Waals surface area contributed by atoms with Crippen LogP contribution in [0.5, 0.6) is 17.5 Å². The highest BCUT2D eigenvalue weighted by molar-refractivity contribution is 5.77. The van der Waals surface area contributed by atoms with Crippen molar-refractivity contribution in [3.63, 3.8) is 0 Å². The Balaban J connectivity index is 0.000000184. The van der Waals surface area contributed by atoms with Gasteiger partial charge in [0.15, 0.2) is 11.6 Å². The number of aliphatic hydroxyl groups is 1.